The average molecular weight is 721 g/mol. The molecule has 5 aromatic carbocycles. The van der Waals surface area contributed by atoms with Crippen LogP contribution in [0.25, 0.3) is 22.2 Å². The molecule has 0 fully saturated rings. The number of aromatic nitrogens is 2. The number of carbonyl (C=O) groups is 2. The van der Waals surface area contributed by atoms with Gasteiger partial charge in [0.05, 0.1) is 12.1 Å². The van der Waals surface area contributed by atoms with Gasteiger partial charge in [-0.05, 0) is 92.8 Å². The Balaban J connectivity index is 1.39. The van der Waals surface area contributed by atoms with Gasteiger partial charge in [-0.3, -0.25) is 4.79 Å². The third kappa shape index (κ3) is 7.08. The Morgan fingerprint density at radius 2 is 1.44 bits per heavy atom. The van der Waals surface area contributed by atoms with Crippen molar-refractivity contribution in [3.8, 4) is 17.0 Å². The summed E-state index contributed by atoms with van der Waals surface area (Å²) < 4.78 is 13.6. The van der Waals surface area contributed by atoms with Gasteiger partial charge in [0.15, 0.2) is 0 Å². The highest BCUT2D eigenvalue weighted by atomic mass is 16.6. The topological polar surface area (TPSA) is 85.7 Å². The molecular weight excluding hydrogens is 673 g/mol. The molecule has 1 aliphatic heterocycles. The zero-order chi connectivity index (χ0) is 37.9. The molecule has 1 atom stereocenters. The van der Waals surface area contributed by atoms with Gasteiger partial charge in [-0.25, -0.2) is 9.48 Å². The molecule has 0 spiro atoms. The number of rotatable bonds is 11. The number of amides is 2. The maximum absolute atomic E-state index is 14.1. The fourth-order valence-electron chi connectivity index (χ4n) is 7.44. The summed E-state index contributed by atoms with van der Waals surface area (Å²) in [5.41, 5.74) is 5.94. The van der Waals surface area contributed by atoms with Crippen molar-refractivity contribution >= 4 is 22.9 Å². The Morgan fingerprint density at radius 3 is 2.00 bits per heavy atom. The van der Waals surface area contributed by atoms with Gasteiger partial charge in [-0.1, -0.05) is 97.9 Å². The first-order valence-corrected chi connectivity index (χ1v) is 18.9. The molecule has 1 aliphatic rings. The van der Waals surface area contributed by atoms with Crippen LogP contribution < -0.4 is 10.1 Å². The van der Waals surface area contributed by atoms with Gasteiger partial charge in [-0.15, -0.1) is 0 Å². The number of fused-ring (bicyclic) bond motifs is 2. The lowest BCUT2D eigenvalue weighted by atomic mass is 9.77. The highest BCUT2D eigenvalue weighted by Crippen LogP contribution is 2.44. The van der Waals surface area contributed by atoms with Crippen LogP contribution in [0.1, 0.15) is 73.7 Å². The van der Waals surface area contributed by atoms with Gasteiger partial charge in [-0.2, -0.15) is 5.10 Å². The van der Waals surface area contributed by atoms with E-state index in [1.54, 1.807) is 4.90 Å². The second kappa shape index (κ2) is 15.2. The lowest BCUT2D eigenvalue weighted by Crippen LogP contribution is -2.46. The molecule has 2 heterocycles. The van der Waals surface area contributed by atoms with Crippen molar-refractivity contribution in [3.05, 3.63) is 155 Å². The number of benzene rings is 5. The van der Waals surface area contributed by atoms with Crippen molar-refractivity contribution in [2.75, 3.05) is 19.7 Å². The highest BCUT2D eigenvalue weighted by molar-refractivity contribution is 6.02. The minimum Gasteiger partial charge on any atom is -0.493 e. The maximum atomic E-state index is 14.1. The van der Waals surface area contributed by atoms with Crippen LogP contribution in [-0.2, 0) is 16.7 Å². The van der Waals surface area contributed by atoms with Crippen LogP contribution in [-0.4, -0.2) is 58.0 Å². The molecule has 8 heteroatoms. The lowest BCUT2D eigenvalue weighted by molar-refractivity contribution is 0.0239. The molecule has 0 aliphatic carbocycles. The molecule has 6 aromatic rings. The molecule has 1 N–H and O–H groups in total. The SMILES string of the molecule is CCC(CN(CC)C(=O)OC(C)(C)C)NC(=O)c1ccc2c(c1)c(-c1ccc3c(c1)CCO3)nn2C(c1ccccc1)(c1ccccc1)c1ccccc1. The van der Waals surface area contributed by atoms with Crippen molar-refractivity contribution in [1.82, 2.24) is 20.0 Å². The van der Waals surface area contributed by atoms with E-state index >= 15 is 0 Å². The highest BCUT2D eigenvalue weighted by Gasteiger charge is 2.41. The van der Waals surface area contributed by atoms with E-state index in [0.717, 1.165) is 56.6 Å². The quantitative estimate of drug-likeness (QED) is 0.135. The second-order valence-electron chi connectivity index (χ2n) is 14.8. The Morgan fingerprint density at radius 1 is 0.833 bits per heavy atom. The van der Waals surface area contributed by atoms with E-state index in [0.29, 0.717) is 31.7 Å². The fourth-order valence-corrected chi connectivity index (χ4v) is 7.44. The zero-order valence-corrected chi connectivity index (χ0v) is 31.7. The Labute approximate surface area is 317 Å². The molecule has 1 aromatic heterocycles. The molecule has 0 saturated carbocycles. The van der Waals surface area contributed by atoms with Crippen molar-refractivity contribution in [3.63, 3.8) is 0 Å². The third-order valence-corrected chi connectivity index (χ3v) is 10.1. The molecule has 0 bridgehead atoms. The second-order valence-corrected chi connectivity index (χ2v) is 14.8. The molecule has 276 valence electrons. The minimum absolute atomic E-state index is 0.217. The average Bonchev–Trinajstić information content (AvgIpc) is 3.82. The summed E-state index contributed by atoms with van der Waals surface area (Å²) in [6, 6.07) is 43.3. The van der Waals surface area contributed by atoms with E-state index in [1.165, 1.54) is 0 Å². The summed E-state index contributed by atoms with van der Waals surface area (Å²) in [6.07, 6.45) is 1.07. The number of nitrogens with one attached hydrogen (secondary N) is 1. The van der Waals surface area contributed by atoms with E-state index in [2.05, 4.69) is 94.9 Å². The number of hydrogen-bond donors (Lipinski definition) is 1. The predicted octanol–water partition coefficient (Wildman–Crippen LogP) is 9.24. The van der Waals surface area contributed by atoms with Crippen molar-refractivity contribution in [1.29, 1.82) is 0 Å². The van der Waals surface area contributed by atoms with Crippen LogP contribution in [0.5, 0.6) is 5.75 Å². The van der Waals surface area contributed by atoms with Crippen LogP contribution in [0.3, 0.4) is 0 Å². The van der Waals surface area contributed by atoms with Gasteiger partial charge in [0.25, 0.3) is 5.91 Å². The molecule has 0 saturated heterocycles. The minimum atomic E-state index is -0.859. The van der Waals surface area contributed by atoms with Gasteiger partial charge >= 0.3 is 6.09 Å². The molecule has 54 heavy (non-hydrogen) atoms. The molecule has 7 rings (SSSR count). The van der Waals surface area contributed by atoms with E-state index in [1.807, 2.05) is 77.1 Å². The number of ether oxygens (including phenoxy) is 2. The summed E-state index contributed by atoms with van der Waals surface area (Å²) in [4.78, 5) is 28.7. The fraction of sp³-hybridized carbons (Fsp3) is 0.283. The molecule has 1 unspecified atom stereocenters. The Bertz CT molecular complexity index is 2150. The zero-order valence-electron chi connectivity index (χ0n) is 31.7. The van der Waals surface area contributed by atoms with E-state index in [9.17, 15) is 9.59 Å². The Hall–Kier alpha value is -5.89. The summed E-state index contributed by atoms with van der Waals surface area (Å²) in [5, 5.41) is 9.61. The predicted molar refractivity (Wildman–Crippen MR) is 214 cm³/mol. The summed E-state index contributed by atoms with van der Waals surface area (Å²) in [5.74, 6) is 0.679. The van der Waals surface area contributed by atoms with E-state index in [4.69, 9.17) is 14.6 Å². The monoisotopic (exact) mass is 720 g/mol. The first-order valence-electron chi connectivity index (χ1n) is 18.9. The lowest BCUT2D eigenvalue weighted by Gasteiger charge is -2.37. The van der Waals surface area contributed by atoms with Crippen LogP contribution in [0.2, 0.25) is 0 Å². The van der Waals surface area contributed by atoms with Crippen molar-refractivity contribution in [2.24, 2.45) is 0 Å². The standard InChI is InChI=1S/C46H48N4O4/c1-6-38(31-49(7-2)44(52)54-45(3,4)5)47-43(51)34-23-25-40-39(30-34)42(33-24-26-41-32(29-33)27-28-53-41)48-50(40)46(35-17-11-8-12-18-35,36-19-13-9-14-20-36)37-21-15-10-16-22-37/h8-26,29-30,38H,6-7,27-28,31H2,1-5H3,(H,47,51). The summed E-state index contributed by atoms with van der Waals surface area (Å²) in [6.45, 7) is 10.9. The Kier molecular flexibility index (Phi) is 10.3. The van der Waals surface area contributed by atoms with Crippen LogP contribution in [0.15, 0.2) is 127 Å². The number of nitrogens with zero attached hydrogens (tertiary/aromatic N) is 3. The molecule has 0 radical (unpaired) electrons. The molecule has 8 nitrogen and oxygen atoms in total. The van der Waals surface area contributed by atoms with E-state index < -0.39 is 17.2 Å². The number of likely N-dealkylation sites (N-methyl/N-ethyl adjacent to an activating group) is 1. The van der Waals surface area contributed by atoms with Crippen LogP contribution >= 0.6 is 0 Å². The van der Waals surface area contributed by atoms with Gasteiger partial charge < -0.3 is 19.7 Å². The normalized spacial score (nSPS) is 13.2. The summed E-state index contributed by atoms with van der Waals surface area (Å²) >= 11 is 0. The van der Waals surface area contributed by atoms with Gasteiger partial charge in [0.1, 0.15) is 22.6 Å². The molecular formula is C46H48N4O4. The van der Waals surface area contributed by atoms with E-state index in [-0.39, 0.29) is 11.9 Å². The first-order chi connectivity index (χ1) is 26.1. The number of carbonyl (C=O) groups excluding carboxylic acids is 2. The summed E-state index contributed by atoms with van der Waals surface area (Å²) in [7, 11) is 0. The largest absolute Gasteiger partial charge is 0.493 e. The number of hydrogen-bond acceptors (Lipinski definition) is 5. The smallest absolute Gasteiger partial charge is 0.410 e. The van der Waals surface area contributed by atoms with Crippen molar-refractivity contribution < 1.29 is 19.1 Å². The van der Waals surface area contributed by atoms with Crippen LogP contribution in [0, 0.1) is 0 Å². The maximum Gasteiger partial charge on any atom is 0.410 e. The van der Waals surface area contributed by atoms with Crippen molar-refractivity contribution in [2.45, 2.75) is 64.6 Å². The van der Waals surface area contributed by atoms with Gasteiger partial charge in [0, 0.05) is 42.1 Å². The first kappa shape index (κ1) is 36.5. The molecule has 2 amide bonds. The third-order valence-electron chi connectivity index (χ3n) is 10.1. The van der Waals surface area contributed by atoms with Crippen LogP contribution in [0.4, 0.5) is 4.79 Å². The van der Waals surface area contributed by atoms with Gasteiger partial charge in [0.2, 0.25) is 0 Å².